The van der Waals surface area contributed by atoms with Crippen LogP contribution in [-0.4, -0.2) is 22.2 Å². The molecule has 2 aromatic rings. The summed E-state index contributed by atoms with van der Waals surface area (Å²) in [6, 6.07) is 12.9. The van der Waals surface area contributed by atoms with Crippen molar-refractivity contribution in [1.29, 1.82) is 0 Å². The van der Waals surface area contributed by atoms with Gasteiger partial charge in [-0.15, -0.1) is 0 Å². The van der Waals surface area contributed by atoms with E-state index in [1.165, 1.54) is 10.7 Å². The highest BCUT2D eigenvalue weighted by Gasteiger charge is 2.29. The van der Waals surface area contributed by atoms with Gasteiger partial charge in [0.05, 0.1) is 12.2 Å². The third-order valence-corrected chi connectivity index (χ3v) is 3.51. The van der Waals surface area contributed by atoms with Crippen molar-refractivity contribution in [2.75, 3.05) is 6.54 Å². The Morgan fingerprint density at radius 2 is 1.95 bits per heavy atom. The van der Waals surface area contributed by atoms with E-state index in [1.807, 2.05) is 30.3 Å². The first-order valence-corrected chi connectivity index (χ1v) is 7.15. The molecule has 5 nitrogen and oxygen atoms in total. The third-order valence-electron chi connectivity index (χ3n) is 3.51. The highest BCUT2D eigenvalue weighted by molar-refractivity contribution is 5.80. The van der Waals surface area contributed by atoms with Gasteiger partial charge in [-0.3, -0.25) is 9.59 Å². The lowest BCUT2D eigenvalue weighted by molar-refractivity contribution is -0.122. The Hall–Kier alpha value is -2.43. The molecule has 108 valence electrons. The normalized spacial score (nSPS) is 13.9. The fourth-order valence-corrected chi connectivity index (χ4v) is 2.15. The zero-order valence-electron chi connectivity index (χ0n) is 11.7. The Morgan fingerprint density at radius 3 is 2.67 bits per heavy atom. The molecule has 5 heteroatoms. The number of aromatic nitrogens is 2. The summed E-state index contributed by atoms with van der Waals surface area (Å²) in [6.45, 7) is 0.818. The van der Waals surface area contributed by atoms with Gasteiger partial charge in [-0.05, 0) is 18.9 Å². The summed E-state index contributed by atoms with van der Waals surface area (Å²) < 4.78 is 1.40. The molecule has 0 atom stereocenters. The number of hydrogen-bond donors (Lipinski definition) is 1. The Bertz CT molecular complexity index is 690. The van der Waals surface area contributed by atoms with E-state index in [4.69, 9.17) is 0 Å². The molecule has 21 heavy (non-hydrogen) atoms. The summed E-state index contributed by atoms with van der Waals surface area (Å²) in [5.74, 6) is 0.271. The molecule has 1 aromatic heterocycles. The molecule has 1 fully saturated rings. The molecule has 0 aliphatic heterocycles. The molecular formula is C16H17N3O2. The van der Waals surface area contributed by atoms with Crippen molar-refractivity contribution in [3.8, 4) is 11.3 Å². The smallest absolute Gasteiger partial charge is 0.266 e. The number of nitrogens with zero attached hydrogens (tertiary/aromatic N) is 2. The maximum Gasteiger partial charge on any atom is 0.266 e. The summed E-state index contributed by atoms with van der Waals surface area (Å²) in [6.07, 6.45) is 1.96. The van der Waals surface area contributed by atoms with Crippen molar-refractivity contribution in [3.63, 3.8) is 0 Å². The minimum absolute atomic E-state index is 0.0854. The minimum atomic E-state index is -0.157. The lowest BCUT2D eigenvalue weighted by Gasteiger charge is -2.08. The van der Waals surface area contributed by atoms with Crippen LogP contribution in [0.4, 0.5) is 0 Å². The molecule has 3 rings (SSSR count). The summed E-state index contributed by atoms with van der Waals surface area (Å²) in [5.41, 5.74) is 1.56. The second-order valence-electron chi connectivity index (χ2n) is 5.21. The standard InChI is InChI=1S/C16H17N3O2/c20-15-9-8-14(12-4-2-1-3-5-12)18-19(15)11-10-17-16(21)13-6-7-13/h1-5,8-9,13H,6-7,10-11H2,(H,17,21). The number of benzene rings is 1. The summed E-state index contributed by atoms with van der Waals surface area (Å²) >= 11 is 0. The van der Waals surface area contributed by atoms with Crippen LogP contribution in [0.1, 0.15) is 12.8 Å². The maximum absolute atomic E-state index is 11.8. The zero-order chi connectivity index (χ0) is 14.7. The predicted octanol–water partition coefficient (Wildman–Crippen LogP) is 1.44. The molecular weight excluding hydrogens is 266 g/mol. The van der Waals surface area contributed by atoms with Gasteiger partial charge < -0.3 is 5.32 Å². The van der Waals surface area contributed by atoms with Gasteiger partial charge in [-0.2, -0.15) is 5.10 Å². The molecule has 1 N–H and O–H groups in total. The second-order valence-corrected chi connectivity index (χ2v) is 5.21. The van der Waals surface area contributed by atoms with E-state index in [1.54, 1.807) is 6.07 Å². The molecule has 0 radical (unpaired) electrons. The molecule has 0 unspecified atom stereocenters. The van der Waals surface area contributed by atoms with Gasteiger partial charge in [-0.1, -0.05) is 30.3 Å². The van der Waals surface area contributed by atoms with Crippen molar-refractivity contribution in [2.45, 2.75) is 19.4 Å². The van der Waals surface area contributed by atoms with E-state index in [2.05, 4.69) is 10.4 Å². The van der Waals surface area contributed by atoms with Crippen molar-refractivity contribution >= 4 is 5.91 Å². The predicted molar refractivity (Wildman–Crippen MR) is 79.7 cm³/mol. The zero-order valence-corrected chi connectivity index (χ0v) is 11.7. The van der Waals surface area contributed by atoms with Crippen LogP contribution >= 0.6 is 0 Å². The van der Waals surface area contributed by atoms with Crippen molar-refractivity contribution in [1.82, 2.24) is 15.1 Å². The van der Waals surface area contributed by atoms with Crippen LogP contribution in [0.3, 0.4) is 0 Å². The highest BCUT2D eigenvalue weighted by Crippen LogP contribution is 2.28. The van der Waals surface area contributed by atoms with Gasteiger partial charge in [0.1, 0.15) is 0 Å². The Morgan fingerprint density at radius 1 is 1.19 bits per heavy atom. The van der Waals surface area contributed by atoms with Crippen LogP contribution in [0.25, 0.3) is 11.3 Å². The molecule has 0 saturated heterocycles. The number of hydrogen-bond acceptors (Lipinski definition) is 3. The monoisotopic (exact) mass is 283 g/mol. The lowest BCUT2D eigenvalue weighted by atomic mass is 10.1. The van der Waals surface area contributed by atoms with Crippen LogP contribution in [0.15, 0.2) is 47.3 Å². The number of carbonyl (C=O) groups is 1. The Balaban J connectivity index is 1.69. The lowest BCUT2D eigenvalue weighted by Crippen LogP contribution is -2.32. The molecule has 1 saturated carbocycles. The topological polar surface area (TPSA) is 64.0 Å². The Labute approximate surface area is 122 Å². The van der Waals surface area contributed by atoms with Crippen LogP contribution < -0.4 is 10.9 Å². The van der Waals surface area contributed by atoms with E-state index in [0.717, 1.165) is 24.1 Å². The molecule has 1 amide bonds. The van der Waals surface area contributed by atoms with Crippen molar-refractivity contribution in [3.05, 3.63) is 52.8 Å². The first-order chi connectivity index (χ1) is 10.2. The van der Waals surface area contributed by atoms with E-state index < -0.39 is 0 Å². The first-order valence-electron chi connectivity index (χ1n) is 7.15. The molecule has 1 aromatic carbocycles. The first kappa shape index (κ1) is 13.5. The second kappa shape index (κ2) is 5.91. The largest absolute Gasteiger partial charge is 0.354 e. The number of carbonyl (C=O) groups excluding carboxylic acids is 1. The maximum atomic E-state index is 11.8. The van der Waals surface area contributed by atoms with Gasteiger partial charge in [0.15, 0.2) is 0 Å². The highest BCUT2D eigenvalue weighted by atomic mass is 16.2. The van der Waals surface area contributed by atoms with Crippen LogP contribution in [0.2, 0.25) is 0 Å². The van der Waals surface area contributed by atoms with Gasteiger partial charge in [0, 0.05) is 24.1 Å². The fourth-order valence-electron chi connectivity index (χ4n) is 2.15. The van der Waals surface area contributed by atoms with Crippen molar-refractivity contribution in [2.24, 2.45) is 5.92 Å². The number of rotatable bonds is 5. The van der Waals surface area contributed by atoms with E-state index in [-0.39, 0.29) is 17.4 Å². The fraction of sp³-hybridized carbons (Fsp3) is 0.312. The van der Waals surface area contributed by atoms with Crippen LogP contribution in [-0.2, 0) is 11.3 Å². The summed E-state index contributed by atoms with van der Waals surface area (Å²) in [4.78, 5) is 23.4. The summed E-state index contributed by atoms with van der Waals surface area (Å²) in [7, 11) is 0. The molecule has 1 heterocycles. The van der Waals surface area contributed by atoms with E-state index >= 15 is 0 Å². The van der Waals surface area contributed by atoms with E-state index in [9.17, 15) is 9.59 Å². The number of amides is 1. The van der Waals surface area contributed by atoms with Crippen LogP contribution in [0.5, 0.6) is 0 Å². The average molecular weight is 283 g/mol. The molecule has 1 aliphatic carbocycles. The minimum Gasteiger partial charge on any atom is -0.354 e. The third kappa shape index (κ3) is 3.37. The summed E-state index contributed by atoms with van der Waals surface area (Å²) in [5, 5.41) is 7.19. The van der Waals surface area contributed by atoms with Crippen LogP contribution in [0, 0.1) is 5.92 Å². The molecule has 0 spiro atoms. The van der Waals surface area contributed by atoms with Gasteiger partial charge in [0.25, 0.3) is 5.56 Å². The average Bonchev–Trinajstić information content (AvgIpc) is 3.35. The Kier molecular flexibility index (Phi) is 3.81. The van der Waals surface area contributed by atoms with Gasteiger partial charge >= 0.3 is 0 Å². The number of nitrogens with one attached hydrogen (secondary N) is 1. The van der Waals surface area contributed by atoms with E-state index in [0.29, 0.717) is 13.1 Å². The van der Waals surface area contributed by atoms with Gasteiger partial charge in [-0.25, -0.2) is 4.68 Å². The van der Waals surface area contributed by atoms with Gasteiger partial charge in [0.2, 0.25) is 5.91 Å². The SMILES string of the molecule is O=C(NCCn1nc(-c2ccccc2)ccc1=O)C1CC1. The molecule has 1 aliphatic rings. The quantitative estimate of drug-likeness (QED) is 0.903. The molecule has 0 bridgehead atoms. The van der Waals surface area contributed by atoms with Crippen molar-refractivity contribution < 1.29 is 4.79 Å².